The van der Waals surface area contributed by atoms with Crippen molar-refractivity contribution in [1.29, 1.82) is 0 Å². The number of likely N-dealkylation sites (N-methyl/N-ethyl adjacent to an activating group) is 1. The molecule has 19 heavy (non-hydrogen) atoms. The van der Waals surface area contributed by atoms with E-state index in [0.29, 0.717) is 13.7 Å². The Labute approximate surface area is 137 Å². The van der Waals surface area contributed by atoms with Crippen LogP contribution in [0.15, 0.2) is 17.2 Å². The number of rotatable bonds is 5. The van der Waals surface area contributed by atoms with Crippen LogP contribution >= 0.6 is 45.2 Å². The number of amides is 1. The van der Waals surface area contributed by atoms with Crippen molar-refractivity contribution in [3.8, 4) is 0 Å². The van der Waals surface area contributed by atoms with Crippen molar-refractivity contribution in [3.63, 3.8) is 0 Å². The average Bonchev–Trinajstić information content (AvgIpc) is 2.34. The summed E-state index contributed by atoms with van der Waals surface area (Å²) in [6, 6.07) is 0. The highest BCUT2D eigenvalue weighted by molar-refractivity contribution is 14.1. The van der Waals surface area contributed by atoms with Crippen LogP contribution in [0.5, 0.6) is 0 Å². The number of carbonyl (C=O) groups excluding carboxylic acids is 2. The topological polar surface area (TPSA) is 77.4 Å². The Morgan fingerprint density at radius 3 is 2.42 bits per heavy atom. The second-order valence-corrected chi connectivity index (χ2v) is 5.89. The molecule has 1 heterocycles. The Bertz CT molecular complexity index is 516. The van der Waals surface area contributed by atoms with Gasteiger partial charge in [-0.1, -0.05) is 0 Å². The number of hydrogen-bond acceptors (Lipinski definition) is 4. The predicted octanol–water partition coefficient (Wildman–Crippen LogP) is 0.737. The Kier molecular flexibility index (Phi) is 6.75. The van der Waals surface area contributed by atoms with Crippen molar-refractivity contribution in [2.75, 3.05) is 13.2 Å². The van der Waals surface area contributed by atoms with E-state index in [0.717, 1.165) is 0 Å². The van der Waals surface area contributed by atoms with E-state index in [1.807, 2.05) is 45.2 Å². The van der Waals surface area contributed by atoms with Gasteiger partial charge in [-0.05, 0) is 52.1 Å². The van der Waals surface area contributed by atoms with Gasteiger partial charge >= 0.3 is 5.97 Å². The van der Waals surface area contributed by atoms with Crippen molar-refractivity contribution in [1.82, 2.24) is 9.88 Å². The minimum absolute atomic E-state index is 0.0360. The number of nitrogens with one attached hydrogen (secondary N) is 1. The van der Waals surface area contributed by atoms with Crippen LogP contribution in [0.25, 0.3) is 0 Å². The van der Waals surface area contributed by atoms with E-state index in [4.69, 9.17) is 4.74 Å². The van der Waals surface area contributed by atoms with Crippen LogP contribution in [0.1, 0.15) is 6.92 Å². The number of ether oxygens (including phenoxy) is 1. The Morgan fingerprint density at radius 1 is 1.32 bits per heavy atom. The van der Waals surface area contributed by atoms with E-state index >= 15 is 0 Å². The van der Waals surface area contributed by atoms with Crippen LogP contribution in [0.2, 0.25) is 0 Å². The number of hydrogen-bond donors (Lipinski definition) is 1. The molecule has 0 saturated carbocycles. The molecule has 8 heteroatoms. The smallest absolute Gasteiger partial charge is 0.326 e. The van der Waals surface area contributed by atoms with Crippen molar-refractivity contribution in [3.05, 3.63) is 29.8 Å². The monoisotopic (exact) mass is 490 g/mol. The molecule has 0 radical (unpaired) electrons. The minimum Gasteiger partial charge on any atom is -0.454 e. The Morgan fingerprint density at radius 2 is 1.89 bits per heavy atom. The zero-order valence-corrected chi connectivity index (χ0v) is 14.4. The predicted molar refractivity (Wildman–Crippen MR) is 85.8 cm³/mol. The van der Waals surface area contributed by atoms with Gasteiger partial charge in [-0.25, -0.2) is 0 Å². The van der Waals surface area contributed by atoms with Crippen LogP contribution in [-0.2, 0) is 20.9 Å². The normalized spacial score (nSPS) is 10.1. The lowest BCUT2D eigenvalue weighted by molar-refractivity contribution is -0.149. The molecule has 0 aromatic carbocycles. The fourth-order valence-corrected chi connectivity index (χ4v) is 3.05. The van der Waals surface area contributed by atoms with Gasteiger partial charge in [0.2, 0.25) is 5.43 Å². The zero-order chi connectivity index (χ0) is 14.4. The van der Waals surface area contributed by atoms with E-state index in [1.54, 1.807) is 23.9 Å². The molecule has 1 rings (SSSR count). The molecule has 0 aliphatic rings. The van der Waals surface area contributed by atoms with Crippen LogP contribution in [0.3, 0.4) is 0 Å². The van der Waals surface area contributed by atoms with Crippen molar-refractivity contribution >= 4 is 57.1 Å². The van der Waals surface area contributed by atoms with Gasteiger partial charge in [-0.3, -0.25) is 14.4 Å². The molecule has 0 fully saturated rings. The lowest BCUT2D eigenvalue weighted by Gasteiger charge is -2.08. The van der Waals surface area contributed by atoms with Gasteiger partial charge in [-0.15, -0.1) is 0 Å². The summed E-state index contributed by atoms with van der Waals surface area (Å²) in [5.74, 6) is -0.860. The van der Waals surface area contributed by atoms with Crippen LogP contribution < -0.4 is 10.7 Å². The summed E-state index contributed by atoms with van der Waals surface area (Å²) < 4.78 is 7.43. The lowest BCUT2D eigenvalue weighted by Crippen LogP contribution is -2.29. The summed E-state index contributed by atoms with van der Waals surface area (Å²) in [4.78, 5) is 34.1. The molecule has 0 bridgehead atoms. The third-order valence-electron chi connectivity index (χ3n) is 2.04. The SMILES string of the molecule is CCNC(=O)COC(=O)Cn1cc(I)c(=O)c(I)c1. The van der Waals surface area contributed by atoms with Gasteiger partial charge in [0, 0.05) is 18.9 Å². The second kappa shape index (κ2) is 7.82. The molecule has 0 unspecified atom stereocenters. The van der Waals surface area contributed by atoms with E-state index in [1.165, 1.54) is 0 Å². The molecule has 6 nitrogen and oxygen atoms in total. The average molecular weight is 490 g/mol. The number of nitrogens with zero attached hydrogens (tertiary/aromatic N) is 1. The van der Waals surface area contributed by atoms with Crippen molar-refractivity contribution in [2.45, 2.75) is 13.5 Å². The maximum atomic E-state index is 11.5. The number of esters is 1. The maximum Gasteiger partial charge on any atom is 0.326 e. The summed E-state index contributed by atoms with van der Waals surface area (Å²) >= 11 is 3.82. The van der Waals surface area contributed by atoms with Gasteiger partial charge in [0.1, 0.15) is 6.54 Å². The molecule has 1 N–H and O–H groups in total. The second-order valence-electron chi connectivity index (χ2n) is 3.57. The minimum atomic E-state index is -0.526. The highest BCUT2D eigenvalue weighted by Gasteiger charge is 2.09. The lowest BCUT2D eigenvalue weighted by atomic mass is 10.4. The highest BCUT2D eigenvalue weighted by Crippen LogP contribution is 2.04. The molecule has 0 spiro atoms. The van der Waals surface area contributed by atoms with E-state index in [9.17, 15) is 14.4 Å². The largest absolute Gasteiger partial charge is 0.454 e. The molecular weight excluding hydrogens is 478 g/mol. The zero-order valence-electron chi connectivity index (χ0n) is 10.1. The number of halogens is 2. The standard InChI is InChI=1S/C11H12I2N2O4/c1-2-14-9(16)6-19-10(17)5-15-3-7(12)11(18)8(13)4-15/h3-4H,2,5-6H2,1H3,(H,14,16). The fourth-order valence-electron chi connectivity index (χ4n) is 1.24. The molecule has 1 aromatic rings. The maximum absolute atomic E-state index is 11.5. The molecular formula is C11H12I2N2O4. The summed E-state index contributed by atoms with van der Waals surface area (Å²) in [6.07, 6.45) is 3.14. The van der Waals surface area contributed by atoms with Crippen molar-refractivity contribution < 1.29 is 14.3 Å². The van der Waals surface area contributed by atoms with Crippen LogP contribution in [-0.4, -0.2) is 29.6 Å². The Balaban J connectivity index is 2.58. The third kappa shape index (κ3) is 5.47. The third-order valence-corrected chi connectivity index (χ3v) is 3.58. The number of aromatic nitrogens is 1. The quantitative estimate of drug-likeness (QED) is 0.489. The molecule has 1 aromatic heterocycles. The first kappa shape index (κ1) is 16.4. The molecule has 0 saturated heterocycles. The van der Waals surface area contributed by atoms with Gasteiger partial charge in [0.25, 0.3) is 5.91 Å². The van der Waals surface area contributed by atoms with Crippen molar-refractivity contribution in [2.24, 2.45) is 0 Å². The molecule has 1 amide bonds. The molecule has 104 valence electrons. The fraction of sp³-hybridized carbons (Fsp3) is 0.364. The molecule has 0 aliphatic carbocycles. The Hall–Kier alpha value is -0.650. The summed E-state index contributed by atoms with van der Waals surface area (Å²) in [5, 5.41) is 2.52. The summed E-state index contributed by atoms with van der Waals surface area (Å²) in [5.41, 5.74) is -0.0619. The first-order valence-corrected chi connectivity index (χ1v) is 7.57. The summed E-state index contributed by atoms with van der Waals surface area (Å²) in [7, 11) is 0. The highest BCUT2D eigenvalue weighted by atomic mass is 127. The first-order chi connectivity index (χ1) is 8.93. The van der Waals surface area contributed by atoms with E-state index < -0.39 is 5.97 Å². The van der Waals surface area contributed by atoms with Gasteiger partial charge < -0.3 is 14.6 Å². The number of carbonyl (C=O) groups is 2. The van der Waals surface area contributed by atoms with E-state index in [2.05, 4.69) is 5.32 Å². The van der Waals surface area contributed by atoms with Gasteiger partial charge in [0.05, 0.1) is 7.14 Å². The first-order valence-electron chi connectivity index (χ1n) is 5.41. The van der Waals surface area contributed by atoms with Gasteiger partial charge in [-0.2, -0.15) is 0 Å². The molecule has 0 atom stereocenters. The van der Waals surface area contributed by atoms with E-state index in [-0.39, 0.29) is 24.5 Å². The van der Waals surface area contributed by atoms with Crippen LogP contribution in [0.4, 0.5) is 0 Å². The van der Waals surface area contributed by atoms with Crippen LogP contribution in [0, 0.1) is 7.14 Å². The number of pyridine rings is 1. The summed E-state index contributed by atoms with van der Waals surface area (Å²) in [6.45, 7) is 1.95. The van der Waals surface area contributed by atoms with Gasteiger partial charge in [0.15, 0.2) is 6.61 Å². The molecule has 0 aliphatic heterocycles.